The summed E-state index contributed by atoms with van der Waals surface area (Å²) in [7, 11) is 1.80. The third kappa shape index (κ3) is 2.07. The monoisotopic (exact) mass is 164 g/mol. The summed E-state index contributed by atoms with van der Waals surface area (Å²) in [4.78, 5) is 0. The second-order valence-corrected chi connectivity index (χ2v) is 2.53. The van der Waals surface area contributed by atoms with Crippen molar-refractivity contribution >= 4 is 0 Å². The highest BCUT2D eigenvalue weighted by atomic mass is 15.4. The fourth-order valence-corrected chi connectivity index (χ4v) is 0.672. The van der Waals surface area contributed by atoms with E-state index in [1.54, 1.807) is 17.9 Å². The van der Waals surface area contributed by atoms with Crippen LogP contribution in [0.15, 0.2) is 6.20 Å². The minimum atomic E-state index is -0.0556. The quantitative estimate of drug-likeness (QED) is 0.590. The van der Waals surface area contributed by atoms with Crippen LogP contribution in [0.2, 0.25) is 0 Å². The van der Waals surface area contributed by atoms with Crippen molar-refractivity contribution in [2.45, 2.75) is 19.4 Å². The molecule has 0 saturated heterocycles. The number of hydrogen-bond donors (Lipinski definition) is 1. The molecule has 12 heavy (non-hydrogen) atoms. The van der Waals surface area contributed by atoms with E-state index in [2.05, 4.69) is 22.2 Å². The van der Waals surface area contributed by atoms with Crippen LogP contribution in [-0.4, -0.2) is 21.0 Å². The summed E-state index contributed by atoms with van der Waals surface area (Å²) in [5.74, 6) is 5.81. The smallest absolute Gasteiger partial charge is 0.131 e. The number of aryl methyl sites for hydroxylation is 1. The van der Waals surface area contributed by atoms with Gasteiger partial charge in [-0.2, -0.15) is 0 Å². The standard InChI is InChI=1S/C8H12N4/c1-3-7(9)4-5-8-6-10-11-12(8)2/h6-7H,3,9H2,1-2H3. The number of hydrogen-bond acceptors (Lipinski definition) is 3. The van der Waals surface area contributed by atoms with Gasteiger partial charge in [0, 0.05) is 7.05 Å². The van der Waals surface area contributed by atoms with Crippen LogP contribution < -0.4 is 5.73 Å². The molecule has 1 aromatic rings. The Labute approximate surface area is 71.8 Å². The number of nitrogens with two attached hydrogens (primary N) is 1. The van der Waals surface area contributed by atoms with Gasteiger partial charge in [0.2, 0.25) is 0 Å². The summed E-state index contributed by atoms with van der Waals surface area (Å²) < 4.78 is 1.62. The Bertz CT molecular complexity index is 304. The molecule has 64 valence electrons. The van der Waals surface area contributed by atoms with Crippen LogP contribution >= 0.6 is 0 Å². The van der Waals surface area contributed by atoms with Crippen molar-refractivity contribution in [2.24, 2.45) is 12.8 Å². The largest absolute Gasteiger partial charge is 0.318 e. The van der Waals surface area contributed by atoms with Gasteiger partial charge in [0.05, 0.1) is 12.2 Å². The summed E-state index contributed by atoms with van der Waals surface area (Å²) in [6, 6.07) is -0.0556. The summed E-state index contributed by atoms with van der Waals surface area (Å²) in [6.07, 6.45) is 2.48. The molecule has 0 aliphatic rings. The van der Waals surface area contributed by atoms with Crippen molar-refractivity contribution in [2.75, 3.05) is 0 Å². The maximum atomic E-state index is 5.62. The lowest BCUT2D eigenvalue weighted by Crippen LogP contribution is -2.15. The molecule has 0 aliphatic carbocycles. The molecule has 0 spiro atoms. The summed E-state index contributed by atoms with van der Waals surface area (Å²) in [6.45, 7) is 2.00. The molecule has 1 aromatic heterocycles. The van der Waals surface area contributed by atoms with E-state index in [0.717, 1.165) is 12.1 Å². The van der Waals surface area contributed by atoms with Crippen molar-refractivity contribution in [1.82, 2.24) is 15.0 Å². The minimum Gasteiger partial charge on any atom is -0.318 e. The molecule has 4 nitrogen and oxygen atoms in total. The Hall–Kier alpha value is -1.34. The average Bonchev–Trinajstić information content (AvgIpc) is 2.47. The van der Waals surface area contributed by atoms with Gasteiger partial charge < -0.3 is 5.73 Å². The summed E-state index contributed by atoms with van der Waals surface area (Å²) in [5, 5.41) is 7.44. The highest BCUT2D eigenvalue weighted by Gasteiger charge is 1.94. The van der Waals surface area contributed by atoms with Crippen LogP contribution in [0.1, 0.15) is 19.0 Å². The molecule has 0 fully saturated rings. The second kappa shape index (κ2) is 3.88. The number of rotatable bonds is 1. The van der Waals surface area contributed by atoms with E-state index in [9.17, 15) is 0 Å². The topological polar surface area (TPSA) is 56.7 Å². The summed E-state index contributed by atoms with van der Waals surface area (Å²) >= 11 is 0. The normalized spacial score (nSPS) is 11.9. The van der Waals surface area contributed by atoms with Gasteiger partial charge in [0.1, 0.15) is 5.69 Å². The Morgan fingerprint density at radius 1 is 1.75 bits per heavy atom. The fraction of sp³-hybridized carbons (Fsp3) is 0.500. The molecule has 0 aromatic carbocycles. The van der Waals surface area contributed by atoms with Crippen LogP contribution in [0.25, 0.3) is 0 Å². The van der Waals surface area contributed by atoms with Crippen LogP contribution in [-0.2, 0) is 7.05 Å². The Morgan fingerprint density at radius 3 is 3.00 bits per heavy atom. The second-order valence-electron chi connectivity index (χ2n) is 2.53. The van der Waals surface area contributed by atoms with Gasteiger partial charge in [-0.05, 0) is 12.3 Å². The zero-order valence-electron chi connectivity index (χ0n) is 7.28. The lowest BCUT2D eigenvalue weighted by atomic mass is 10.2. The minimum absolute atomic E-state index is 0.0556. The van der Waals surface area contributed by atoms with Gasteiger partial charge in [-0.15, -0.1) is 5.10 Å². The lowest BCUT2D eigenvalue weighted by molar-refractivity contribution is 0.707. The maximum Gasteiger partial charge on any atom is 0.131 e. The third-order valence-electron chi connectivity index (χ3n) is 1.54. The number of nitrogens with zero attached hydrogens (tertiary/aromatic N) is 3. The van der Waals surface area contributed by atoms with Gasteiger partial charge in [0.25, 0.3) is 0 Å². The molecule has 0 aliphatic heterocycles. The predicted octanol–water partition coefficient (Wildman–Crippen LogP) is -0.0961. The van der Waals surface area contributed by atoms with Gasteiger partial charge in [-0.3, -0.25) is 0 Å². The average molecular weight is 164 g/mol. The molecular formula is C8H12N4. The number of aromatic nitrogens is 3. The van der Waals surface area contributed by atoms with Crippen LogP contribution in [0.3, 0.4) is 0 Å². The van der Waals surface area contributed by atoms with Crippen molar-refractivity contribution < 1.29 is 0 Å². The lowest BCUT2D eigenvalue weighted by Gasteiger charge is -1.94. The SMILES string of the molecule is CCC(N)C#Cc1cnnn1C. The van der Waals surface area contributed by atoms with Crippen molar-refractivity contribution in [3.8, 4) is 11.8 Å². The summed E-state index contributed by atoms with van der Waals surface area (Å²) in [5.41, 5.74) is 6.41. The highest BCUT2D eigenvalue weighted by Crippen LogP contribution is 1.90. The van der Waals surface area contributed by atoms with E-state index in [0.29, 0.717) is 0 Å². The van der Waals surface area contributed by atoms with E-state index in [1.165, 1.54) is 0 Å². The maximum absolute atomic E-state index is 5.62. The molecule has 1 rings (SSSR count). The molecule has 0 radical (unpaired) electrons. The van der Waals surface area contributed by atoms with E-state index in [-0.39, 0.29) is 6.04 Å². The molecule has 0 bridgehead atoms. The van der Waals surface area contributed by atoms with Crippen molar-refractivity contribution in [3.63, 3.8) is 0 Å². The Balaban J connectivity index is 2.72. The molecule has 4 heteroatoms. The first-order valence-electron chi connectivity index (χ1n) is 3.86. The van der Waals surface area contributed by atoms with E-state index in [4.69, 9.17) is 5.73 Å². The predicted molar refractivity (Wildman–Crippen MR) is 46.1 cm³/mol. The zero-order valence-corrected chi connectivity index (χ0v) is 7.28. The van der Waals surface area contributed by atoms with E-state index < -0.39 is 0 Å². The van der Waals surface area contributed by atoms with Gasteiger partial charge >= 0.3 is 0 Å². The van der Waals surface area contributed by atoms with E-state index in [1.807, 2.05) is 6.92 Å². The van der Waals surface area contributed by atoms with Crippen LogP contribution in [0, 0.1) is 11.8 Å². The van der Waals surface area contributed by atoms with Crippen molar-refractivity contribution in [3.05, 3.63) is 11.9 Å². The first kappa shape index (κ1) is 8.75. The van der Waals surface area contributed by atoms with Gasteiger partial charge in [0.15, 0.2) is 0 Å². The molecule has 0 saturated carbocycles. The molecule has 1 unspecified atom stereocenters. The molecule has 1 atom stereocenters. The third-order valence-corrected chi connectivity index (χ3v) is 1.54. The van der Waals surface area contributed by atoms with Crippen LogP contribution in [0.5, 0.6) is 0 Å². The molecule has 2 N–H and O–H groups in total. The van der Waals surface area contributed by atoms with Crippen LogP contribution in [0.4, 0.5) is 0 Å². The molecule has 1 heterocycles. The Kier molecular flexibility index (Phi) is 2.83. The molecule has 0 amide bonds. The highest BCUT2D eigenvalue weighted by molar-refractivity contribution is 5.26. The molecular weight excluding hydrogens is 152 g/mol. The zero-order chi connectivity index (χ0) is 8.97. The first-order valence-corrected chi connectivity index (χ1v) is 3.86. The van der Waals surface area contributed by atoms with Gasteiger partial charge in [-0.25, -0.2) is 4.68 Å². The fourth-order valence-electron chi connectivity index (χ4n) is 0.672. The first-order chi connectivity index (χ1) is 5.74. The van der Waals surface area contributed by atoms with Gasteiger partial charge in [-0.1, -0.05) is 18.1 Å². The Morgan fingerprint density at radius 2 is 2.50 bits per heavy atom. The van der Waals surface area contributed by atoms with Crippen molar-refractivity contribution in [1.29, 1.82) is 0 Å². The van der Waals surface area contributed by atoms with E-state index >= 15 is 0 Å².